The van der Waals surface area contributed by atoms with Crippen LogP contribution in [0.3, 0.4) is 0 Å². The number of aryl methyl sites for hydroxylation is 1. The van der Waals surface area contributed by atoms with Gasteiger partial charge in [-0.3, -0.25) is 4.90 Å². The van der Waals surface area contributed by atoms with Crippen molar-refractivity contribution in [3.05, 3.63) is 39.7 Å². The lowest BCUT2D eigenvalue weighted by atomic mass is 9.94. The summed E-state index contributed by atoms with van der Waals surface area (Å²) in [5.74, 6) is 0.195. The van der Waals surface area contributed by atoms with Crippen LogP contribution in [-0.4, -0.2) is 23.1 Å². The molecule has 2 aromatic rings. The zero-order valence-corrected chi connectivity index (χ0v) is 14.0. The molecule has 23 heavy (non-hydrogen) atoms. The molecule has 0 saturated heterocycles. The van der Waals surface area contributed by atoms with Gasteiger partial charge in [0.05, 0.1) is 0 Å². The van der Waals surface area contributed by atoms with Crippen LogP contribution in [0.15, 0.2) is 27.4 Å². The number of fused-ring (bicyclic) bond motifs is 1. The van der Waals surface area contributed by atoms with E-state index < -0.39 is 0 Å². The van der Waals surface area contributed by atoms with E-state index in [2.05, 4.69) is 11.9 Å². The van der Waals surface area contributed by atoms with Crippen LogP contribution in [0.5, 0.6) is 5.75 Å². The monoisotopic (exact) mass is 315 g/mol. The third kappa shape index (κ3) is 3.42. The first-order valence-corrected chi connectivity index (χ1v) is 8.57. The molecule has 1 heterocycles. The molecule has 0 atom stereocenters. The van der Waals surface area contributed by atoms with Gasteiger partial charge in [-0.05, 0) is 43.5 Å². The lowest BCUT2D eigenvalue weighted by Gasteiger charge is -2.31. The topological polar surface area (TPSA) is 53.7 Å². The zero-order valence-electron chi connectivity index (χ0n) is 14.0. The fourth-order valence-electron chi connectivity index (χ4n) is 3.64. The van der Waals surface area contributed by atoms with E-state index in [4.69, 9.17) is 4.42 Å². The zero-order chi connectivity index (χ0) is 16.4. The second-order valence-electron chi connectivity index (χ2n) is 6.63. The van der Waals surface area contributed by atoms with Crippen molar-refractivity contribution in [3.63, 3.8) is 0 Å². The number of phenolic OH excluding ortho intramolecular Hbond substituents is 1. The smallest absolute Gasteiger partial charge is 0.336 e. The highest BCUT2D eigenvalue weighted by molar-refractivity contribution is 5.82. The largest absolute Gasteiger partial charge is 0.508 e. The Morgan fingerprint density at radius 3 is 2.61 bits per heavy atom. The van der Waals surface area contributed by atoms with E-state index in [1.54, 1.807) is 12.1 Å². The first kappa shape index (κ1) is 16.1. The standard InChI is InChI=1S/C19H25NO3/c1-3-13-9-16-14(10-19(22)23-18(16)11-17(13)21)12-20(2)15-7-5-4-6-8-15/h9-11,15,21H,3-8,12H2,1-2H3. The van der Waals surface area contributed by atoms with Crippen LogP contribution in [-0.2, 0) is 13.0 Å². The van der Waals surface area contributed by atoms with Crippen LogP contribution in [0.2, 0.25) is 0 Å². The molecule has 4 nitrogen and oxygen atoms in total. The quantitative estimate of drug-likeness (QED) is 0.871. The highest BCUT2D eigenvalue weighted by Crippen LogP contribution is 2.29. The van der Waals surface area contributed by atoms with Crippen LogP contribution < -0.4 is 5.63 Å². The maximum absolute atomic E-state index is 11.9. The molecule has 1 fully saturated rings. The van der Waals surface area contributed by atoms with Gasteiger partial charge in [-0.25, -0.2) is 4.79 Å². The van der Waals surface area contributed by atoms with Gasteiger partial charge in [0.1, 0.15) is 11.3 Å². The van der Waals surface area contributed by atoms with Crippen molar-refractivity contribution in [1.29, 1.82) is 0 Å². The van der Waals surface area contributed by atoms with E-state index >= 15 is 0 Å². The van der Waals surface area contributed by atoms with Gasteiger partial charge in [0.25, 0.3) is 0 Å². The number of phenols is 1. The molecule has 1 aromatic heterocycles. The van der Waals surface area contributed by atoms with Gasteiger partial charge in [-0.2, -0.15) is 0 Å². The van der Waals surface area contributed by atoms with Crippen LogP contribution in [0.1, 0.15) is 50.2 Å². The molecule has 1 aliphatic rings. The second-order valence-corrected chi connectivity index (χ2v) is 6.63. The van der Waals surface area contributed by atoms with E-state index in [0.717, 1.165) is 29.5 Å². The summed E-state index contributed by atoms with van der Waals surface area (Å²) in [6.45, 7) is 2.74. The SMILES string of the molecule is CCc1cc2c(CN(C)C3CCCCC3)cc(=O)oc2cc1O. The average molecular weight is 315 g/mol. The molecule has 1 N–H and O–H groups in total. The van der Waals surface area contributed by atoms with Crippen molar-refractivity contribution in [2.24, 2.45) is 0 Å². The van der Waals surface area contributed by atoms with E-state index in [-0.39, 0.29) is 11.4 Å². The third-order valence-electron chi connectivity index (χ3n) is 5.03. The number of hydrogen-bond acceptors (Lipinski definition) is 4. The lowest BCUT2D eigenvalue weighted by molar-refractivity contribution is 0.185. The van der Waals surface area contributed by atoms with Crippen molar-refractivity contribution in [1.82, 2.24) is 4.90 Å². The molecular weight excluding hydrogens is 290 g/mol. The predicted octanol–water partition coefficient (Wildman–Crippen LogP) is 3.83. The van der Waals surface area contributed by atoms with E-state index in [0.29, 0.717) is 11.6 Å². The summed E-state index contributed by atoms with van der Waals surface area (Å²) < 4.78 is 5.28. The molecule has 0 amide bonds. The van der Waals surface area contributed by atoms with Gasteiger partial charge >= 0.3 is 5.63 Å². The summed E-state index contributed by atoms with van der Waals surface area (Å²) in [6.07, 6.45) is 7.13. The Morgan fingerprint density at radius 2 is 1.91 bits per heavy atom. The molecule has 0 bridgehead atoms. The molecule has 0 spiro atoms. The van der Waals surface area contributed by atoms with Crippen molar-refractivity contribution < 1.29 is 9.52 Å². The molecule has 0 unspecified atom stereocenters. The number of nitrogens with zero attached hydrogens (tertiary/aromatic N) is 1. The Kier molecular flexibility index (Phi) is 4.71. The second kappa shape index (κ2) is 6.75. The highest BCUT2D eigenvalue weighted by atomic mass is 16.4. The van der Waals surface area contributed by atoms with Gasteiger partial charge in [0.15, 0.2) is 0 Å². The van der Waals surface area contributed by atoms with Crippen LogP contribution in [0.25, 0.3) is 11.0 Å². The minimum absolute atomic E-state index is 0.195. The fraction of sp³-hybridized carbons (Fsp3) is 0.526. The summed E-state index contributed by atoms with van der Waals surface area (Å²) in [6, 6.07) is 5.71. The van der Waals surface area contributed by atoms with Crippen LogP contribution in [0, 0.1) is 0 Å². The molecule has 0 aliphatic heterocycles. The summed E-state index contributed by atoms with van der Waals surface area (Å²) >= 11 is 0. The van der Waals surface area contributed by atoms with Gasteiger partial charge in [-0.1, -0.05) is 26.2 Å². The third-order valence-corrected chi connectivity index (χ3v) is 5.03. The highest BCUT2D eigenvalue weighted by Gasteiger charge is 2.19. The van der Waals surface area contributed by atoms with Crippen LogP contribution in [0.4, 0.5) is 0 Å². The average Bonchev–Trinajstić information content (AvgIpc) is 2.55. The molecule has 1 saturated carbocycles. The summed E-state index contributed by atoms with van der Waals surface area (Å²) in [4.78, 5) is 14.2. The molecule has 1 aromatic carbocycles. The Labute approximate surface area is 136 Å². The Hall–Kier alpha value is -1.81. The Morgan fingerprint density at radius 1 is 1.17 bits per heavy atom. The minimum atomic E-state index is -0.354. The number of benzene rings is 1. The van der Waals surface area contributed by atoms with E-state index in [1.165, 1.54) is 32.1 Å². The van der Waals surface area contributed by atoms with Crippen molar-refractivity contribution >= 4 is 11.0 Å². The minimum Gasteiger partial charge on any atom is -0.508 e. The van der Waals surface area contributed by atoms with Crippen molar-refractivity contribution in [2.45, 2.75) is 58.0 Å². The summed E-state index contributed by atoms with van der Waals surface area (Å²) in [5.41, 5.74) is 1.99. The maximum Gasteiger partial charge on any atom is 0.336 e. The van der Waals surface area contributed by atoms with Gasteiger partial charge in [-0.15, -0.1) is 0 Å². The number of rotatable bonds is 4. The normalized spacial score (nSPS) is 16.3. The molecule has 0 radical (unpaired) electrons. The van der Waals surface area contributed by atoms with Gasteiger partial charge in [0.2, 0.25) is 0 Å². The summed E-state index contributed by atoms with van der Waals surface area (Å²) in [7, 11) is 2.14. The molecular formula is C19H25NO3. The molecule has 3 rings (SSSR count). The first-order valence-electron chi connectivity index (χ1n) is 8.57. The lowest BCUT2D eigenvalue weighted by Crippen LogP contribution is -2.33. The number of hydrogen-bond donors (Lipinski definition) is 1. The predicted molar refractivity (Wildman–Crippen MR) is 91.9 cm³/mol. The van der Waals surface area contributed by atoms with Crippen LogP contribution >= 0.6 is 0 Å². The Balaban J connectivity index is 1.96. The van der Waals surface area contributed by atoms with E-state index in [1.807, 2.05) is 13.0 Å². The van der Waals surface area contributed by atoms with E-state index in [9.17, 15) is 9.90 Å². The maximum atomic E-state index is 11.9. The van der Waals surface area contributed by atoms with Crippen molar-refractivity contribution in [3.8, 4) is 5.75 Å². The van der Waals surface area contributed by atoms with Crippen molar-refractivity contribution in [2.75, 3.05) is 7.05 Å². The molecule has 4 heteroatoms. The molecule has 1 aliphatic carbocycles. The fourth-order valence-corrected chi connectivity index (χ4v) is 3.64. The van der Waals surface area contributed by atoms with Gasteiger partial charge in [0, 0.05) is 30.1 Å². The number of aromatic hydroxyl groups is 1. The molecule has 124 valence electrons. The van der Waals surface area contributed by atoms with Gasteiger partial charge < -0.3 is 9.52 Å². The summed E-state index contributed by atoms with van der Waals surface area (Å²) in [5, 5.41) is 10.9. The first-order chi connectivity index (χ1) is 11.1. The Bertz CT molecular complexity index is 744.